The van der Waals surface area contributed by atoms with E-state index >= 15 is 0 Å². The summed E-state index contributed by atoms with van der Waals surface area (Å²) in [6.45, 7) is 0.707. The topological polar surface area (TPSA) is 57.7 Å². The van der Waals surface area contributed by atoms with E-state index in [0.717, 1.165) is 5.69 Å². The van der Waals surface area contributed by atoms with Crippen molar-refractivity contribution in [2.45, 2.75) is 6.54 Å². The predicted octanol–water partition coefficient (Wildman–Crippen LogP) is 1.58. The van der Waals surface area contributed by atoms with Crippen molar-refractivity contribution >= 4 is 11.6 Å². The highest BCUT2D eigenvalue weighted by Crippen LogP contribution is 2.25. The Morgan fingerprint density at radius 1 is 1.31 bits per heavy atom. The van der Waals surface area contributed by atoms with E-state index in [0.29, 0.717) is 23.1 Å². The van der Waals surface area contributed by atoms with Gasteiger partial charge in [0.05, 0.1) is 10.7 Å². The van der Waals surface area contributed by atoms with Crippen LogP contribution in [-0.2, 0) is 6.54 Å². The molecule has 5 nitrogen and oxygen atoms in total. The Balaban J connectivity index is 2.34. The van der Waals surface area contributed by atoms with Gasteiger partial charge in [-0.15, -0.1) is 0 Å². The Morgan fingerprint density at radius 2 is 2.00 bits per heavy atom. The molecule has 2 heterocycles. The van der Waals surface area contributed by atoms with Crippen LogP contribution >= 0.6 is 11.6 Å². The van der Waals surface area contributed by atoms with Crippen LogP contribution < -0.4 is 0 Å². The summed E-state index contributed by atoms with van der Waals surface area (Å²) in [5.41, 5.74) is 1.47. The molecule has 0 aromatic carbocycles. The van der Waals surface area contributed by atoms with Crippen LogP contribution in [0.5, 0.6) is 0 Å². The highest BCUT2D eigenvalue weighted by Gasteiger charge is 2.14. The molecular weight excluding hydrogens is 226 g/mol. The molecular formula is C10H12ClN5. The number of aromatic nitrogens is 4. The van der Waals surface area contributed by atoms with Crippen LogP contribution in [-0.4, -0.2) is 39.2 Å². The fraction of sp³-hybridized carbons (Fsp3) is 0.300. The molecule has 0 unspecified atom stereocenters. The first-order valence-electron chi connectivity index (χ1n) is 4.83. The molecule has 0 amide bonds. The van der Waals surface area contributed by atoms with E-state index in [2.05, 4.69) is 20.2 Å². The number of aromatic amines is 1. The van der Waals surface area contributed by atoms with Gasteiger partial charge >= 0.3 is 0 Å². The van der Waals surface area contributed by atoms with Gasteiger partial charge in [0.1, 0.15) is 5.69 Å². The number of nitrogens with zero attached hydrogens (tertiary/aromatic N) is 4. The summed E-state index contributed by atoms with van der Waals surface area (Å²) in [5.74, 6) is 0.536. The van der Waals surface area contributed by atoms with Crippen molar-refractivity contribution in [2.75, 3.05) is 14.1 Å². The smallest absolute Gasteiger partial charge is 0.181 e. The molecule has 0 spiro atoms. The fourth-order valence-corrected chi connectivity index (χ4v) is 1.58. The highest BCUT2D eigenvalue weighted by atomic mass is 35.5. The summed E-state index contributed by atoms with van der Waals surface area (Å²) in [6.07, 6.45) is 3.33. The Morgan fingerprint density at radius 3 is 2.62 bits per heavy atom. The predicted molar refractivity (Wildman–Crippen MR) is 62.0 cm³/mol. The molecule has 0 saturated heterocycles. The number of H-pyrrole nitrogens is 1. The van der Waals surface area contributed by atoms with Gasteiger partial charge in [0.15, 0.2) is 5.82 Å². The van der Waals surface area contributed by atoms with Gasteiger partial charge in [0, 0.05) is 18.9 Å². The molecule has 0 saturated carbocycles. The minimum absolute atomic E-state index is 0.536. The third kappa shape index (κ3) is 2.20. The molecule has 0 atom stereocenters. The van der Waals surface area contributed by atoms with Crippen molar-refractivity contribution in [3.63, 3.8) is 0 Å². The van der Waals surface area contributed by atoms with Gasteiger partial charge in [0.25, 0.3) is 0 Å². The van der Waals surface area contributed by atoms with Crippen LogP contribution in [0.4, 0.5) is 0 Å². The van der Waals surface area contributed by atoms with Crippen molar-refractivity contribution < 1.29 is 0 Å². The second kappa shape index (κ2) is 4.59. The Kier molecular flexibility index (Phi) is 3.17. The first-order chi connectivity index (χ1) is 7.68. The summed E-state index contributed by atoms with van der Waals surface area (Å²) in [4.78, 5) is 10.2. The molecule has 2 aromatic rings. The van der Waals surface area contributed by atoms with Crippen LogP contribution in [0.1, 0.15) is 5.69 Å². The number of hydrogen-bond donors (Lipinski definition) is 1. The van der Waals surface area contributed by atoms with Gasteiger partial charge in [-0.05, 0) is 20.2 Å². The fourth-order valence-electron chi connectivity index (χ4n) is 1.35. The molecule has 0 aliphatic carbocycles. The minimum atomic E-state index is 0.536. The second-order valence-electron chi connectivity index (χ2n) is 3.67. The van der Waals surface area contributed by atoms with E-state index < -0.39 is 0 Å². The largest absolute Gasteiger partial charge is 0.304 e. The monoisotopic (exact) mass is 237 g/mol. The summed E-state index contributed by atoms with van der Waals surface area (Å²) in [5, 5.41) is 7.61. The number of nitrogens with one attached hydrogen (secondary N) is 1. The van der Waals surface area contributed by atoms with Crippen molar-refractivity contribution in [3.8, 4) is 11.5 Å². The van der Waals surface area contributed by atoms with E-state index in [1.807, 2.05) is 19.0 Å². The first kappa shape index (κ1) is 11.0. The zero-order chi connectivity index (χ0) is 11.5. The van der Waals surface area contributed by atoms with Crippen LogP contribution in [0, 0.1) is 0 Å². The average Bonchev–Trinajstić information content (AvgIpc) is 2.61. The van der Waals surface area contributed by atoms with E-state index in [4.69, 9.17) is 11.6 Å². The summed E-state index contributed by atoms with van der Waals surface area (Å²) >= 11 is 6.20. The second-order valence-corrected chi connectivity index (χ2v) is 4.05. The maximum absolute atomic E-state index is 6.20. The summed E-state index contributed by atoms with van der Waals surface area (Å²) in [6, 6.07) is 1.75. The van der Waals surface area contributed by atoms with Crippen LogP contribution in [0.2, 0.25) is 5.02 Å². The van der Waals surface area contributed by atoms with Gasteiger partial charge in [-0.2, -0.15) is 5.10 Å². The zero-order valence-electron chi connectivity index (χ0n) is 9.11. The third-order valence-corrected chi connectivity index (χ3v) is 2.43. The molecule has 0 aliphatic heterocycles. The van der Waals surface area contributed by atoms with Gasteiger partial charge in [-0.1, -0.05) is 11.6 Å². The van der Waals surface area contributed by atoms with Crippen molar-refractivity contribution in [1.82, 2.24) is 25.1 Å². The molecule has 0 aliphatic rings. The zero-order valence-corrected chi connectivity index (χ0v) is 9.86. The van der Waals surface area contributed by atoms with Gasteiger partial charge < -0.3 is 4.90 Å². The lowest BCUT2D eigenvalue weighted by atomic mass is 10.3. The lowest BCUT2D eigenvalue weighted by molar-refractivity contribution is 0.396. The highest BCUT2D eigenvalue weighted by molar-refractivity contribution is 6.33. The molecule has 2 rings (SSSR count). The standard InChI is InChI=1S/C10H12ClN5/c1-16(2)6-7-8(11)9(15-14-7)10-12-4-3-5-13-10/h3-5H,6H2,1-2H3,(H,14,15). The van der Waals surface area contributed by atoms with Gasteiger partial charge in [-0.25, -0.2) is 9.97 Å². The van der Waals surface area contributed by atoms with Crippen molar-refractivity contribution in [3.05, 3.63) is 29.2 Å². The quantitative estimate of drug-likeness (QED) is 0.881. The molecule has 2 aromatic heterocycles. The molecule has 0 fully saturated rings. The maximum atomic E-state index is 6.20. The minimum Gasteiger partial charge on any atom is -0.304 e. The maximum Gasteiger partial charge on any atom is 0.181 e. The number of halogens is 1. The van der Waals surface area contributed by atoms with Crippen LogP contribution in [0.3, 0.4) is 0 Å². The van der Waals surface area contributed by atoms with Gasteiger partial charge in [-0.3, -0.25) is 5.10 Å². The van der Waals surface area contributed by atoms with E-state index in [1.54, 1.807) is 18.5 Å². The SMILES string of the molecule is CN(C)Cc1[nH]nc(-c2ncccn2)c1Cl. The molecule has 0 radical (unpaired) electrons. The summed E-state index contributed by atoms with van der Waals surface area (Å²) in [7, 11) is 3.94. The lowest BCUT2D eigenvalue weighted by Crippen LogP contribution is -2.11. The Bertz CT molecular complexity index is 465. The number of hydrogen-bond acceptors (Lipinski definition) is 4. The molecule has 84 valence electrons. The molecule has 6 heteroatoms. The van der Waals surface area contributed by atoms with Crippen LogP contribution in [0.25, 0.3) is 11.5 Å². The summed E-state index contributed by atoms with van der Waals surface area (Å²) < 4.78 is 0. The average molecular weight is 238 g/mol. The number of rotatable bonds is 3. The normalized spacial score (nSPS) is 11.0. The van der Waals surface area contributed by atoms with Crippen molar-refractivity contribution in [1.29, 1.82) is 0 Å². The lowest BCUT2D eigenvalue weighted by Gasteiger charge is -2.06. The first-order valence-corrected chi connectivity index (χ1v) is 5.21. The van der Waals surface area contributed by atoms with E-state index in [-0.39, 0.29) is 0 Å². The molecule has 16 heavy (non-hydrogen) atoms. The van der Waals surface area contributed by atoms with Gasteiger partial charge in [0.2, 0.25) is 0 Å². The van der Waals surface area contributed by atoms with Crippen molar-refractivity contribution in [2.24, 2.45) is 0 Å². The molecule has 0 bridgehead atoms. The van der Waals surface area contributed by atoms with E-state index in [9.17, 15) is 0 Å². The third-order valence-electron chi connectivity index (χ3n) is 2.03. The Labute approximate surface area is 98.5 Å². The Hall–Kier alpha value is -1.46. The molecule has 1 N–H and O–H groups in total. The van der Waals surface area contributed by atoms with E-state index in [1.165, 1.54) is 0 Å². The van der Waals surface area contributed by atoms with Crippen LogP contribution in [0.15, 0.2) is 18.5 Å².